The molecule has 30 heavy (non-hydrogen) atoms. The summed E-state index contributed by atoms with van der Waals surface area (Å²) in [7, 11) is 1.55. The maximum Gasteiger partial charge on any atom is 0.308 e. The van der Waals surface area contributed by atoms with Crippen molar-refractivity contribution in [3.05, 3.63) is 35.9 Å². The number of para-hydroxylation sites is 1. The zero-order chi connectivity index (χ0) is 21.9. The first-order chi connectivity index (χ1) is 14.5. The van der Waals surface area contributed by atoms with Crippen LogP contribution in [0.4, 0.5) is 0 Å². The molecule has 0 aliphatic carbocycles. The summed E-state index contributed by atoms with van der Waals surface area (Å²) in [5.74, 6) is -0.602. The third-order valence-corrected chi connectivity index (χ3v) is 4.83. The highest BCUT2D eigenvalue weighted by molar-refractivity contribution is 7.80. The van der Waals surface area contributed by atoms with E-state index in [0.717, 1.165) is 18.4 Å². The molecule has 0 radical (unpaired) electrons. The molecule has 1 aromatic carbocycles. The first kappa shape index (κ1) is 23.3. The van der Waals surface area contributed by atoms with Gasteiger partial charge in [0.25, 0.3) is 0 Å². The lowest BCUT2D eigenvalue weighted by molar-refractivity contribution is -0.147. The van der Waals surface area contributed by atoms with Crippen LogP contribution in [0.5, 0.6) is 5.75 Å². The Morgan fingerprint density at radius 3 is 2.87 bits per heavy atom. The molecule has 1 fully saturated rings. The van der Waals surface area contributed by atoms with Crippen LogP contribution < -0.4 is 15.4 Å². The molecule has 1 saturated heterocycles. The average Bonchev–Trinajstić information content (AvgIpc) is 2.74. The van der Waals surface area contributed by atoms with Crippen molar-refractivity contribution in [1.82, 2.24) is 15.5 Å². The fourth-order valence-corrected chi connectivity index (χ4v) is 3.22. The van der Waals surface area contributed by atoms with E-state index in [1.165, 1.54) is 6.08 Å². The maximum atomic E-state index is 12.3. The van der Waals surface area contributed by atoms with E-state index < -0.39 is 17.9 Å². The molecule has 9 heteroatoms. The summed E-state index contributed by atoms with van der Waals surface area (Å²) in [5.41, 5.74) is 0.742. The van der Waals surface area contributed by atoms with Crippen molar-refractivity contribution in [3.8, 4) is 5.75 Å². The Kier molecular flexibility index (Phi) is 9.27. The summed E-state index contributed by atoms with van der Waals surface area (Å²) >= 11 is 5.32. The fraction of sp³-hybridized carbons (Fsp3) is 0.429. The second-order valence-electron chi connectivity index (χ2n) is 6.65. The van der Waals surface area contributed by atoms with Crippen molar-refractivity contribution in [2.75, 3.05) is 26.8 Å². The lowest BCUT2D eigenvalue weighted by Crippen LogP contribution is -2.60. The highest BCUT2D eigenvalue weighted by Gasteiger charge is 2.34. The normalized spacial score (nSPS) is 16.1. The van der Waals surface area contributed by atoms with E-state index in [1.807, 2.05) is 25.1 Å². The Morgan fingerprint density at radius 1 is 1.37 bits per heavy atom. The summed E-state index contributed by atoms with van der Waals surface area (Å²) in [5, 5.41) is 5.39. The van der Waals surface area contributed by atoms with Crippen LogP contribution in [0, 0.1) is 0 Å². The fourth-order valence-electron chi connectivity index (χ4n) is 2.90. The molecule has 1 heterocycles. The molecule has 8 nitrogen and oxygen atoms in total. The smallest absolute Gasteiger partial charge is 0.308 e. The molecule has 162 valence electrons. The van der Waals surface area contributed by atoms with E-state index in [1.54, 1.807) is 24.2 Å². The third kappa shape index (κ3) is 6.84. The highest BCUT2D eigenvalue weighted by atomic mass is 32.1. The van der Waals surface area contributed by atoms with Gasteiger partial charge < -0.3 is 19.7 Å². The van der Waals surface area contributed by atoms with E-state index in [9.17, 15) is 14.4 Å². The number of hydrogen-bond acceptors (Lipinski definition) is 6. The zero-order valence-electron chi connectivity index (χ0n) is 17.2. The summed E-state index contributed by atoms with van der Waals surface area (Å²) < 4.78 is 10.4. The second-order valence-corrected chi connectivity index (χ2v) is 7.03. The van der Waals surface area contributed by atoms with Crippen molar-refractivity contribution in [3.63, 3.8) is 0 Å². The highest BCUT2D eigenvalue weighted by Crippen LogP contribution is 2.18. The number of esters is 1. The van der Waals surface area contributed by atoms with Gasteiger partial charge in [-0.3, -0.25) is 19.7 Å². The number of unbranched alkanes of at least 4 members (excludes halogenated alkanes) is 1. The van der Waals surface area contributed by atoms with Gasteiger partial charge in [-0.15, -0.1) is 0 Å². The molecule has 0 bridgehead atoms. The van der Waals surface area contributed by atoms with Gasteiger partial charge in [0, 0.05) is 24.7 Å². The number of thiocarbonyl (C=S) groups is 1. The standard InChI is InChI=1S/C21H27N3O5S/c1-3-4-13-29-19(26)14-16-20(27)22-11-12-24(16)21(30)23-18(25)10-9-15-7-5-6-8-17(15)28-2/h5-10,16H,3-4,11-14H2,1-2H3,(H,22,27)(H,23,25,30). The number of nitrogens with zero attached hydrogens (tertiary/aromatic N) is 1. The van der Waals surface area contributed by atoms with Gasteiger partial charge >= 0.3 is 5.97 Å². The Labute approximate surface area is 181 Å². The van der Waals surface area contributed by atoms with E-state index in [-0.39, 0.29) is 17.4 Å². The van der Waals surface area contributed by atoms with Crippen molar-refractivity contribution in [2.45, 2.75) is 32.2 Å². The van der Waals surface area contributed by atoms with E-state index in [0.29, 0.717) is 25.4 Å². The van der Waals surface area contributed by atoms with Gasteiger partial charge in [-0.05, 0) is 30.8 Å². The quantitative estimate of drug-likeness (QED) is 0.278. The molecule has 0 aromatic heterocycles. The van der Waals surface area contributed by atoms with Crippen LogP contribution in [0.15, 0.2) is 30.3 Å². The van der Waals surface area contributed by atoms with Crippen molar-refractivity contribution in [2.24, 2.45) is 0 Å². The van der Waals surface area contributed by atoms with Gasteiger partial charge in [-0.25, -0.2) is 0 Å². The molecular weight excluding hydrogens is 406 g/mol. The van der Waals surface area contributed by atoms with Crippen LogP contribution in [-0.2, 0) is 19.1 Å². The van der Waals surface area contributed by atoms with Crippen LogP contribution in [0.1, 0.15) is 31.7 Å². The molecule has 2 N–H and O–H groups in total. The largest absolute Gasteiger partial charge is 0.496 e. The molecule has 2 amide bonds. The number of ether oxygens (including phenoxy) is 2. The lowest BCUT2D eigenvalue weighted by Gasteiger charge is -2.36. The molecule has 0 saturated carbocycles. The molecule has 0 spiro atoms. The third-order valence-electron chi connectivity index (χ3n) is 4.50. The van der Waals surface area contributed by atoms with E-state index >= 15 is 0 Å². The number of rotatable bonds is 8. The molecule has 1 aliphatic rings. The van der Waals surface area contributed by atoms with Crippen molar-refractivity contribution >= 4 is 41.2 Å². The predicted molar refractivity (Wildman–Crippen MR) is 117 cm³/mol. The van der Waals surface area contributed by atoms with Crippen LogP contribution in [0.3, 0.4) is 0 Å². The first-order valence-electron chi connectivity index (χ1n) is 9.82. The van der Waals surface area contributed by atoms with Crippen molar-refractivity contribution in [1.29, 1.82) is 0 Å². The number of carbonyl (C=O) groups is 3. The number of methoxy groups -OCH3 is 1. The Morgan fingerprint density at radius 2 is 2.13 bits per heavy atom. The zero-order valence-corrected chi connectivity index (χ0v) is 18.0. The van der Waals surface area contributed by atoms with E-state index in [2.05, 4.69) is 10.6 Å². The van der Waals surface area contributed by atoms with Gasteiger partial charge in [-0.1, -0.05) is 31.5 Å². The average molecular weight is 434 g/mol. The number of hydrogen-bond donors (Lipinski definition) is 2. The number of nitrogens with one attached hydrogen (secondary N) is 2. The van der Waals surface area contributed by atoms with Gasteiger partial charge in [0.05, 0.1) is 20.1 Å². The second kappa shape index (κ2) is 11.9. The van der Waals surface area contributed by atoms with Crippen LogP contribution in [-0.4, -0.2) is 60.6 Å². The summed E-state index contributed by atoms with van der Waals surface area (Å²) in [6.07, 6.45) is 4.48. The number of carbonyl (C=O) groups excluding carboxylic acids is 3. The van der Waals surface area contributed by atoms with Crippen molar-refractivity contribution < 1.29 is 23.9 Å². The summed E-state index contributed by atoms with van der Waals surface area (Å²) in [6, 6.07) is 6.45. The molecule has 1 atom stereocenters. The van der Waals surface area contributed by atoms with Gasteiger partial charge in [0.2, 0.25) is 11.8 Å². The predicted octanol–water partition coefficient (Wildman–Crippen LogP) is 1.64. The minimum atomic E-state index is -0.820. The summed E-state index contributed by atoms with van der Waals surface area (Å²) in [6.45, 7) is 3.06. The Bertz CT molecular complexity index is 812. The van der Waals surface area contributed by atoms with E-state index in [4.69, 9.17) is 21.7 Å². The molecule has 1 aliphatic heterocycles. The minimum absolute atomic E-state index is 0.0888. The SMILES string of the molecule is CCCCOC(=O)CC1C(=O)NCCN1C(=S)NC(=O)C=Cc1ccccc1OC. The van der Waals surface area contributed by atoms with Crippen LogP contribution in [0.25, 0.3) is 6.08 Å². The molecular formula is C21H27N3O5S. The Hall–Kier alpha value is -2.94. The number of benzene rings is 1. The van der Waals surface area contributed by atoms with Crippen LogP contribution in [0.2, 0.25) is 0 Å². The maximum absolute atomic E-state index is 12.3. The number of amides is 2. The molecule has 1 unspecified atom stereocenters. The van der Waals surface area contributed by atoms with Gasteiger partial charge in [0.15, 0.2) is 5.11 Å². The van der Waals surface area contributed by atoms with Crippen LogP contribution >= 0.6 is 12.2 Å². The number of piperazine rings is 1. The summed E-state index contributed by atoms with van der Waals surface area (Å²) in [4.78, 5) is 38.2. The molecule has 1 aromatic rings. The van der Waals surface area contributed by atoms with Gasteiger partial charge in [-0.2, -0.15) is 0 Å². The Balaban J connectivity index is 1.98. The minimum Gasteiger partial charge on any atom is -0.496 e. The topological polar surface area (TPSA) is 97.0 Å². The molecule has 2 rings (SSSR count). The lowest BCUT2D eigenvalue weighted by atomic mass is 10.1. The monoisotopic (exact) mass is 433 g/mol. The first-order valence-corrected chi connectivity index (χ1v) is 10.2. The van der Waals surface area contributed by atoms with Gasteiger partial charge in [0.1, 0.15) is 11.8 Å².